The number of carbonyl (C=O) groups excluding carboxylic acids is 1. The van der Waals surface area contributed by atoms with Crippen LogP contribution in [0.5, 0.6) is 17.2 Å². The molecule has 2 aliphatic heterocycles. The zero-order chi connectivity index (χ0) is 42.2. The molecule has 23 heteroatoms. The second-order valence-electron chi connectivity index (χ2n) is 12.5. The molecule has 0 aliphatic carbocycles. The van der Waals surface area contributed by atoms with Crippen LogP contribution in [0.3, 0.4) is 0 Å². The van der Waals surface area contributed by atoms with Gasteiger partial charge in [-0.15, -0.1) is 5.06 Å². The molecule has 0 radical (unpaired) electrons. The molecule has 0 aromatic heterocycles. The van der Waals surface area contributed by atoms with Crippen LogP contribution in [0.2, 0.25) is 0 Å². The average Bonchev–Trinajstić information content (AvgIpc) is 3.39. The highest BCUT2D eigenvalue weighted by atomic mass is 32.2. The first-order chi connectivity index (χ1) is 27.4. The molecular formula is C35H33F4N3O14S2. The van der Waals surface area contributed by atoms with Crippen LogP contribution in [-0.2, 0) is 49.6 Å². The Bertz CT molecular complexity index is 2360. The van der Waals surface area contributed by atoms with Crippen molar-refractivity contribution in [1.82, 2.24) is 5.06 Å². The lowest BCUT2D eigenvalue weighted by atomic mass is 9.75. The van der Waals surface area contributed by atoms with Gasteiger partial charge in [-0.1, -0.05) is 36.4 Å². The van der Waals surface area contributed by atoms with Gasteiger partial charge >= 0.3 is 5.97 Å². The van der Waals surface area contributed by atoms with Crippen molar-refractivity contribution >= 4 is 37.6 Å². The maximum absolute atomic E-state index is 13.7. The summed E-state index contributed by atoms with van der Waals surface area (Å²) in [7, 11) is -10.3. The second kappa shape index (κ2) is 16.7. The number of nitrogens with two attached hydrogens (primary N) is 2. The Morgan fingerprint density at radius 1 is 0.724 bits per heavy atom. The number of esters is 1. The number of benzene rings is 4. The predicted molar refractivity (Wildman–Crippen MR) is 189 cm³/mol. The molecule has 17 nitrogen and oxygen atoms in total. The third kappa shape index (κ3) is 7.92. The summed E-state index contributed by atoms with van der Waals surface area (Å²) in [6.07, 6.45) is -2.10. The number of carbonyl (C=O) groups is 1. The van der Waals surface area contributed by atoms with Crippen LogP contribution in [0.1, 0.15) is 34.9 Å². The van der Waals surface area contributed by atoms with Crippen LogP contribution in [0.4, 0.5) is 28.9 Å². The Balaban J connectivity index is 1.11. The largest absolute Gasteiger partial charge is 0.453 e. The number of halogens is 4. The van der Waals surface area contributed by atoms with Crippen molar-refractivity contribution in [2.24, 2.45) is 0 Å². The lowest BCUT2D eigenvalue weighted by Gasteiger charge is -2.44. The van der Waals surface area contributed by atoms with E-state index in [1.54, 1.807) is 24.3 Å². The Labute approximate surface area is 327 Å². The van der Waals surface area contributed by atoms with Crippen LogP contribution < -0.4 is 20.9 Å². The van der Waals surface area contributed by atoms with Gasteiger partial charge in [0.2, 0.25) is 17.4 Å². The summed E-state index contributed by atoms with van der Waals surface area (Å²) < 4.78 is 152. The molecule has 4 aromatic rings. The van der Waals surface area contributed by atoms with Gasteiger partial charge in [0, 0.05) is 22.8 Å². The molecule has 1 spiro atoms. The zero-order valence-corrected chi connectivity index (χ0v) is 31.3. The summed E-state index contributed by atoms with van der Waals surface area (Å²) in [6, 6.07) is 11.3. The number of hydrogen-bond donors (Lipinski definition) is 5. The molecule has 0 amide bonds. The minimum absolute atomic E-state index is 0.0123. The highest BCUT2D eigenvalue weighted by Crippen LogP contribution is 2.62. The first-order valence-corrected chi connectivity index (χ1v) is 19.7. The molecule has 312 valence electrons. The normalized spacial score (nSPS) is 15.8. The van der Waals surface area contributed by atoms with Crippen LogP contribution in [0.15, 0.2) is 64.4 Å². The fourth-order valence-electron chi connectivity index (χ4n) is 6.58. The maximum atomic E-state index is 13.7. The SMILES string of the molecule is Nc1ccc2c(c1S(=O)(=O)O)Oc1c(ccc(N)c1S(=O)(=O)O)C21c2ccccc2C(O)N1OCCOCCOCCOCCC(=O)Oc1c(F)c(F)cc(F)c1F. The molecule has 2 aliphatic rings. The molecule has 1 unspecified atom stereocenters. The standard InChI is InChI=1S/C35H33F4N3O14S2/c36-22-17-23(37)28(39)31(27(22)38)55-26(43)9-10-51-11-12-52-13-14-53-15-16-54-42-34(44)18-3-1-2-4-19(18)35(42)20-5-7-24(40)32(57(45,46)47)29(20)56-30-21(35)6-8-25(41)33(30)58(48,49)50/h1-8,17,34,44H,9-16,40-41H2,(H,45,46,47)(H,48,49,50). The van der Waals surface area contributed by atoms with E-state index in [9.17, 15) is 53.4 Å². The van der Waals surface area contributed by atoms with Crippen LogP contribution in [0, 0.1) is 23.3 Å². The number of aliphatic hydroxyl groups is 1. The topological polar surface area (TPSA) is 257 Å². The summed E-state index contributed by atoms with van der Waals surface area (Å²) in [5.41, 5.74) is 9.47. The van der Waals surface area contributed by atoms with Gasteiger partial charge in [-0.3, -0.25) is 18.7 Å². The Morgan fingerprint density at radius 2 is 1.21 bits per heavy atom. The quantitative estimate of drug-likeness (QED) is 0.0205. The highest BCUT2D eigenvalue weighted by molar-refractivity contribution is 7.86. The zero-order valence-electron chi connectivity index (χ0n) is 29.7. The Morgan fingerprint density at radius 3 is 1.72 bits per heavy atom. The van der Waals surface area contributed by atoms with Gasteiger partial charge in [0.05, 0.1) is 64.0 Å². The number of nitrogen functional groups attached to an aromatic ring is 2. The highest BCUT2D eigenvalue weighted by Gasteiger charge is 2.59. The van der Waals surface area contributed by atoms with E-state index >= 15 is 0 Å². The molecule has 2 heterocycles. The van der Waals surface area contributed by atoms with Crippen LogP contribution >= 0.6 is 0 Å². The van der Waals surface area contributed by atoms with E-state index in [4.69, 9.17) is 35.3 Å². The van der Waals surface area contributed by atoms with Crippen molar-refractivity contribution in [1.29, 1.82) is 0 Å². The van der Waals surface area contributed by atoms with Crippen molar-refractivity contribution in [3.05, 3.63) is 100 Å². The number of hydrogen-bond acceptors (Lipinski definition) is 15. The van der Waals surface area contributed by atoms with E-state index in [1.165, 1.54) is 12.1 Å². The van der Waals surface area contributed by atoms with E-state index in [0.29, 0.717) is 0 Å². The van der Waals surface area contributed by atoms with E-state index in [2.05, 4.69) is 4.74 Å². The van der Waals surface area contributed by atoms with Gasteiger partial charge in [0.1, 0.15) is 5.54 Å². The molecule has 0 bridgehead atoms. The number of hydroxylamine groups is 2. The van der Waals surface area contributed by atoms with Gasteiger partial charge in [-0.2, -0.15) is 25.6 Å². The van der Waals surface area contributed by atoms with Crippen LogP contribution in [-0.4, -0.2) is 88.3 Å². The number of nitrogens with zero attached hydrogens (tertiary/aromatic N) is 1. The van der Waals surface area contributed by atoms with Crippen molar-refractivity contribution in [3.63, 3.8) is 0 Å². The molecule has 1 atom stereocenters. The minimum atomic E-state index is -5.17. The number of anilines is 2. The average molecular weight is 860 g/mol. The molecule has 0 saturated carbocycles. The first-order valence-electron chi connectivity index (χ1n) is 16.9. The molecule has 7 N–H and O–H groups in total. The summed E-state index contributed by atoms with van der Waals surface area (Å²) in [4.78, 5) is 16.1. The van der Waals surface area contributed by atoms with Crippen molar-refractivity contribution < 1.29 is 81.9 Å². The van der Waals surface area contributed by atoms with E-state index in [0.717, 1.165) is 17.2 Å². The van der Waals surface area contributed by atoms with Gasteiger partial charge < -0.3 is 40.3 Å². The maximum Gasteiger partial charge on any atom is 0.313 e. The van der Waals surface area contributed by atoms with E-state index < -0.39 is 106 Å². The van der Waals surface area contributed by atoms with Crippen molar-refractivity contribution in [3.8, 4) is 17.2 Å². The Kier molecular flexibility index (Phi) is 12.3. The number of aliphatic hydroxyl groups excluding tert-OH is 1. The third-order valence-corrected chi connectivity index (χ3v) is 10.8. The number of ether oxygens (including phenoxy) is 5. The lowest BCUT2D eigenvalue weighted by Crippen LogP contribution is -2.47. The number of fused-ring (bicyclic) bond motifs is 6. The van der Waals surface area contributed by atoms with Crippen molar-refractivity contribution in [2.45, 2.75) is 28.0 Å². The summed E-state index contributed by atoms with van der Waals surface area (Å²) in [5, 5.41) is 12.8. The van der Waals surface area contributed by atoms with Crippen LogP contribution in [0.25, 0.3) is 0 Å². The summed E-state index contributed by atoms with van der Waals surface area (Å²) >= 11 is 0. The summed E-state index contributed by atoms with van der Waals surface area (Å²) in [6.45, 7) is -0.644. The van der Waals surface area contributed by atoms with Gasteiger partial charge in [-0.05, 0) is 17.7 Å². The fourth-order valence-corrected chi connectivity index (χ4v) is 8.08. The Hall–Kier alpha value is -4.95. The van der Waals surface area contributed by atoms with E-state index in [1.807, 2.05) is 0 Å². The lowest BCUT2D eigenvalue weighted by molar-refractivity contribution is -0.274. The molecule has 4 aromatic carbocycles. The smallest absolute Gasteiger partial charge is 0.313 e. The van der Waals surface area contributed by atoms with Gasteiger partial charge in [0.25, 0.3) is 20.2 Å². The molecule has 58 heavy (non-hydrogen) atoms. The molecule has 0 fully saturated rings. The first kappa shape index (κ1) is 42.7. The fraction of sp³-hybridized carbons (Fsp3) is 0.286. The van der Waals surface area contributed by atoms with E-state index in [-0.39, 0.29) is 74.6 Å². The monoisotopic (exact) mass is 859 g/mol. The number of rotatable bonds is 16. The van der Waals surface area contributed by atoms with Crippen molar-refractivity contribution in [2.75, 3.05) is 57.7 Å². The minimum Gasteiger partial charge on any atom is -0.453 e. The van der Waals surface area contributed by atoms with Gasteiger partial charge in [0.15, 0.2) is 39.2 Å². The molecule has 6 rings (SSSR count). The second-order valence-corrected chi connectivity index (χ2v) is 15.2. The third-order valence-electron chi connectivity index (χ3n) is 8.91. The predicted octanol–water partition coefficient (Wildman–Crippen LogP) is 3.58. The molecular weight excluding hydrogens is 827 g/mol. The van der Waals surface area contributed by atoms with Gasteiger partial charge in [-0.25, -0.2) is 8.78 Å². The molecule has 0 saturated heterocycles. The summed E-state index contributed by atoms with van der Waals surface area (Å²) in [5.74, 6) is -11.2.